The van der Waals surface area contributed by atoms with Gasteiger partial charge in [0.2, 0.25) is 0 Å². The van der Waals surface area contributed by atoms with E-state index in [0.717, 1.165) is 51.8 Å². The first-order valence-electron chi connectivity index (χ1n) is 9.04. The molecule has 1 rings (SSSR count). The van der Waals surface area contributed by atoms with Crippen molar-refractivity contribution in [1.29, 1.82) is 0 Å². The first-order valence-corrected chi connectivity index (χ1v) is 9.04. The topological polar surface area (TPSA) is 48.9 Å². The summed E-state index contributed by atoms with van der Waals surface area (Å²) in [4.78, 5) is 7.17. The van der Waals surface area contributed by atoms with Crippen molar-refractivity contribution in [2.75, 3.05) is 52.5 Å². The Labute approximate surface area is 136 Å². The number of hydrogen-bond donors (Lipinski definition) is 2. The summed E-state index contributed by atoms with van der Waals surface area (Å²) >= 11 is 0. The highest BCUT2D eigenvalue weighted by atomic mass is 16.5. The highest BCUT2D eigenvalue weighted by Gasteiger charge is 2.08. The van der Waals surface area contributed by atoms with Gasteiger partial charge in [0.05, 0.1) is 13.2 Å². The molecule has 1 heterocycles. The molecule has 0 spiro atoms. The maximum Gasteiger partial charge on any atom is 0.191 e. The predicted molar refractivity (Wildman–Crippen MR) is 94.5 cm³/mol. The van der Waals surface area contributed by atoms with Gasteiger partial charge in [0.1, 0.15) is 0 Å². The average molecular weight is 313 g/mol. The lowest BCUT2D eigenvalue weighted by molar-refractivity contribution is 0.128. The minimum Gasteiger partial charge on any atom is -0.380 e. The highest BCUT2D eigenvalue weighted by molar-refractivity contribution is 5.79. The third-order valence-electron chi connectivity index (χ3n) is 3.86. The maximum absolute atomic E-state index is 5.62. The van der Waals surface area contributed by atoms with E-state index in [1.54, 1.807) is 0 Å². The lowest BCUT2D eigenvalue weighted by atomic mass is 10.1. The summed E-state index contributed by atoms with van der Waals surface area (Å²) < 4.78 is 5.62. The van der Waals surface area contributed by atoms with Crippen molar-refractivity contribution < 1.29 is 4.74 Å². The fourth-order valence-electron chi connectivity index (χ4n) is 2.49. The van der Waals surface area contributed by atoms with E-state index in [9.17, 15) is 0 Å². The molecule has 0 aliphatic carbocycles. The molecule has 0 amide bonds. The molecule has 2 N–H and O–H groups in total. The van der Waals surface area contributed by atoms with Gasteiger partial charge in [-0.3, -0.25) is 4.99 Å². The Morgan fingerprint density at radius 2 is 1.91 bits per heavy atom. The molecule has 0 bridgehead atoms. The summed E-state index contributed by atoms with van der Waals surface area (Å²) in [5.74, 6) is 1.62. The summed E-state index contributed by atoms with van der Waals surface area (Å²) in [6.07, 6.45) is 5.20. The molecule has 0 atom stereocenters. The minimum absolute atomic E-state index is 0.710. The Kier molecular flexibility index (Phi) is 11.1. The van der Waals surface area contributed by atoms with Crippen molar-refractivity contribution >= 4 is 5.96 Å². The van der Waals surface area contributed by atoms with E-state index in [4.69, 9.17) is 4.74 Å². The van der Waals surface area contributed by atoms with Gasteiger partial charge >= 0.3 is 0 Å². The van der Waals surface area contributed by atoms with Gasteiger partial charge in [-0.25, -0.2) is 0 Å². The van der Waals surface area contributed by atoms with Crippen LogP contribution in [0, 0.1) is 5.92 Å². The van der Waals surface area contributed by atoms with E-state index in [2.05, 4.69) is 41.3 Å². The van der Waals surface area contributed by atoms with E-state index in [1.807, 2.05) is 0 Å². The molecule has 0 radical (unpaired) electrons. The predicted octanol–water partition coefficient (Wildman–Crippen LogP) is 2.09. The lowest BCUT2D eigenvalue weighted by Crippen LogP contribution is -2.40. The molecule has 0 aromatic heterocycles. The van der Waals surface area contributed by atoms with Crippen LogP contribution in [0.5, 0.6) is 0 Å². The van der Waals surface area contributed by atoms with Gasteiger partial charge in [-0.15, -0.1) is 0 Å². The largest absolute Gasteiger partial charge is 0.380 e. The quantitative estimate of drug-likeness (QED) is 0.368. The van der Waals surface area contributed by atoms with E-state index in [0.29, 0.717) is 5.92 Å². The minimum atomic E-state index is 0.710. The molecule has 1 aliphatic rings. The van der Waals surface area contributed by atoms with Gasteiger partial charge in [0, 0.05) is 26.2 Å². The molecule has 130 valence electrons. The smallest absolute Gasteiger partial charge is 0.191 e. The van der Waals surface area contributed by atoms with E-state index >= 15 is 0 Å². The summed E-state index contributed by atoms with van der Waals surface area (Å²) in [5, 5.41) is 6.64. The van der Waals surface area contributed by atoms with E-state index in [1.165, 1.54) is 32.4 Å². The van der Waals surface area contributed by atoms with Crippen LogP contribution in [0.2, 0.25) is 0 Å². The Balaban J connectivity index is 2.12. The zero-order valence-corrected chi connectivity index (χ0v) is 14.9. The van der Waals surface area contributed by atoms with Crippen molar-refractivity contribution in [3.8, 4) is 0 Å². The van der Waals surface area contributed by atoms with Crippen molar-refractivity contribution in [2.45, 2.75) is 46.5 Å². The monoisotopic (exact) mass is 312 g/mol. The van der Waals surface area contributed by atoms with E-state index < -0.39 is 0 Å². The van der Waals surface area contributed by atoms with Crippen LogP contribution in [-0.4, -0.2) is 63.3 Å². The zero-order chi connectivity index (χ0) is 16.0. The van der Waals surface area contributed by atoms with Crippen LogP contribution in [0.1, 0.15) is 46.5 Å². The van der Waals surface area contributed by atoms with Gasteiger partial charge in [-0.2, -0.15) is 0 Å². The fourth-order valence-corrected chi connectivity index (χ4v) is 2.49. The van der Waals surface area contributed by atoms with Crippen molar-refractivity contribution in [3.63, 3.8) is 0 Å². The highest BCUT2D eigenvalue weighted by Crippen LogP contribution is 2.07. The van der Waals surface area contributed by atoms with Crippen LogP contribution in [0.25, 0.3) is 0 Å². The molecule has 1 aliphatic heterocycles. The number of aliphatic imine (C=N–C) groups is 1. The van der Waals surface area contributed by atoms with Crippen molar-refractivity contribution in [1.82, 2.24) is 15.5 Å². The van der Waals surface area contributed by atoms with Crippen LogP contribution >= 0.6 is 0 Å². The number of hydrogen-bond acceptors (Lipinski definition) is 3. The number of nitrogens with zero attached hydrogens (tertiary/aromatic N) is 2. The molecular weight excluding hydrogens is 276 g/mol. The van der Waals surface area contributed by atoms with Gasteiger partial charge in [-0.1, -0.05) is 20.3 Å². The Hall–Kier alpha value is -0.810. The first-order chi connectivity index (χ1) is 10.7. The second-order valence-electron chi connectivity index (χ2n) is 6.38. The summed E-state index contributed by atoms with van der Waals surface area (Å²) in [6.45, 7) is 14.3. The molecule has 22 heavy (non-hydrogen) atoms. The Morgan fingerprint density at radius 1 is 1.14 bits per heavy atom. The number of rotatable bonds is 10. The summed E-state index contributed by atoms with van der Waals surface area (Å²) in [5.41, 5.74) is 0. The SMILES string of the molecule is CCNC(=NCCN1CCCCC1)NCCOCCC(C)C. The standard InChI is InChI=1S/C17H36N4O/c1-4-18-17(20-10-15-22-14-8-16(2)3)19-9-13-21-11-6-5-7-12-21/h16H,4-15H2,1-3H3,(H2,18,19,20). The number of guanidine groups is 1. The normalized spacial score (nSPS) is 17.0. The number of piperidine rings is 1. The molecule has 0 aromatic carbocycles. The molecular formula is C17H36N4O. The maximum atomic E-state index is 5.62. The van der Waals surface area contributed by atoms with Crippen LogP contribution < -0.4 is 10.6 Å². The second-order valence-corrected chi connectivity index (χ2v) is 6.38. The average Bonchev–Trinajstić information content (AvgIpc) is 2.51. The van der Waals surface area contributed by atoms with Gasteiger partial charge in [-0.05, 0) is 45.2 Å². The molecule has 0 saturated carbocycles. The van der Waals surface area contributed by atoms with Gasteiger partial charge < -0.3 is 20.3 Å². The second kappa shape index (κ2) is 12.7. The van der Waals surface area contributed by atoms with Crippen molar-refractivity contribution in [3.05, 3.63) is 0 Å². The fraction of sp³-hybridized carbons (Fsp3) is 0.941. The molecule has 0 unspecified atom stereocenters. The van der Waals surface area contributed by atoms with Crippen LogP contribution in [0.4, 0.5) is 0 Å². The van der Waals surface area contributed by atoms with Crippen molar-refractivity contribution in [2.24, 2.45) is 10.9 Å². The molecule has 1 fully saturated rings. The van der Waals surface area contributed by atoms with E-state index in [-0.39, 0.29) is 0 Å². The number of ether oxygens (including phenoxy) is 1. The summed E-state index contributed by atoms with van der Waals surface area (Å²) in [6, 6.07) is 0. The van der Waals surface area contributed by atoms with Crippen LogP contribution in [0.15, 0.2) is 4.99 Å². The summed E-state index contributed by atoms with van der Waals surface area (Å²) in [7, 11) is 0. The zero-order valence-electron chi connectivity index (χ0n) is 14.9. The number of nitrogens with one attached hydrogen (secondary N) is 2. The van der Waals surface area contributed by atoms with Gasteiger partial charge in [0.15, 0.2) is 5.96 Å². The first kappa shape index (κ1) is 19.2. The Bertz CT molecular complexity index is 288. The third-order valence-corrected chi connectivity index (χ3v) is 3.86. The van der Waals surface area contributed by atoms with Gasteiger partial charge in [0.25, 0.3) is 0 Å². The third kappa shape index (κ3) is 10.0. The van der Waals surface area contributed by atoms with Crippen LogP contribution in [-0.2, 0) is 4.74 Å². The lowest BCUT2D eigenvalue weighted by Gasteiger charge is -2.25. The van der Waals surface area contributed by atoms with Crippen LogP contribution in [0.3, 0.4) is 0 Å². The molecule has 5 nitrogen and oxygen atoms in total. The molecule has 5 heteroatoms. The molecule has 0 aromatic rings. The Morgan fingerprint density at radius 3 is 2.59 bits per heavy atom. The number of likely N-dealkylation sites (tertiary alicyclic amines) is 1. The molecule has 1 saturated heterocycles.